The molecule has 0 spiro atoms. The van der Waals surface area contributed by atoms with Crippen molar-refractivity contribution in [1.29, 1.82) is 0 Å². The van der Waals surface area contributed by atoms with E-state index in [1.807, 2.05) is 18.2 Å². The average Bonchev–Trinajstić information content (AvgIpc) is 3.25. The zero-order chi connectivity index (χ0) is 20.9. The minimum atomic E-state index is -0.301. The molecule has 0 atom stereocenters. The van der Waals surface area contributed by atoms with E-state index >= 15 is 0 Å². The number of rotatable bonds is 6. The van der Waals surface area contributed by atoms with Gasteiger partial charge in [0.2, 0.25) is 17.6 Å². The summed E-state index contributed by atoms with van der Waals surface area (Å²) >= 11 is 0. The van der Waals surface area contributed by atoms with E-state index in [1.165, 1.54) is 12.1 Å². The summed E-state index contributed by atoms with van der Waals surface area (Å²) in [6.07, 6.45) is 1.66. The molecule has 2 aromatic carbocycles. The van der Waals surface area contributed by atoms with Gasteiger partial charge in [-0.05, 0) is 62.3 Å². The number of halogens is 1. The lowest BCUT2D eigenvalue weighted by atomic mass is 9.97. The number of anilines is 1. The molecule has 0 aliphatic carbocycles. The number of hydrogen-bond donors (Lipinski definition) is 1. The van der Waals surface area contributed by atoms with Crippen molar-refractivity contribution in [1.82, 2.24) is 15.0 Å². The van der Waals surface area contributed by atoms with Gasteiger partial charge in [0, 0.05) is 23.2 Å². The Hall–Kier alpha value is -3.26. The molecule has 0 radical (unpaired) electrons. The molecule has 1 saturated heterocycles. The number of benzene rings is 2. The molecule has 0 unspecified atom stereocenters. The molecular formula is C22H23FN4O3. The van der Waals surface area contributed by atoms with E-state index in [0.29, 0.717) is 29.7 Å². The number of piperidine rings is 1. The minimum absolute atomic E-state index is 0.0573. The summed E-state index contributed by atoms with van der Waals surface area (Å²) in [5, 5.41) is 6.93. The van der Waals surface area contributed by atoms with Crippen molar-refractivity contribution < 1.29 is 18.4 Å². The molecule has 1 N–H and O–H groups in total. The minimum Gasteiger partial charge on any atom is -0.497 e. The lowest BCUT2D eigenvalue weighted by molar-refractivity contribution is -0.117. The van der Waals surface area contributed by atoms with Gasteiger partial charge in [-0.25, -0.2) is 4.39 Å². The predicted octanol–water partition coefficient (Wildman–Crippen LogP) is 3.70. The Morgan fingerprint density at radius 3 is 2.73 bits per heavy atom. The highest BCUT2D eigenvalue weighted by atomic mass is 19.1. The Balaban J connectivity index is 1.28. The van der Waals surface area contributed by atoms with Crippen LogP contribution in [0.3, 0.4) is 0 Å². The molecule has 2 heterocycles. The molecule has 0 bridgehead atoms. The standard InChI is InChI=1S/C22H23FN4O3/c1-29-19-4-2-3-18(13-19)24-20(28)14-27-11-9-16(10-12-27)22-25-21(26-30-22)15-5-7-17(23)8-6-15/h2-8,13,16H,9-12,14H2,1H3,(H,24,28). The number of amides is 1. The van der Waals surface area contributed by atoms with Crippen molar-refractivity contribution in [2.75, 3.05) is 32.1 Å². The number of carbonyl (C=O) groups excluding carboxylic acids is 1. The predicted molar refractivity (Wildman–Crippen MR) is 110 cm³/mol. The number of ether oxygens (including phenoxy) is 1. The Bertz CT molecular complexity index is 998. The molecule has 1 aliphatic heterocycles. The normalized spacial score (nSPS) is 15.1. The maximum Gasteiger partial charge on any atom is 0.238 e. The van der Waals surface area contributed by atoms with Crippen LogP contribution in [0, 0.1) is 5.82 Å². The van der Waals surface area contributed by atoms with Crippen molar-refractivity contribution in [3.8, 4) is 17.1 Å². The fraction of sp³-hybridized carbons (Fsp3) is 0.318. The van der Waals surface area contributed by atoms with Gasteiger partial charge in [0.15, 0.2) is 0 Å². The van der Waals surface area contributed by atoms with Gasteiger partial charge in [-0.15, -0.1) is 0 Å². The summed E-state index contributed by atoms with van der Waals surface area (Å²) in [6, 6.07) is 13.3. The first-order valence-corrected chi connectivity index (χ1v) is 9.86. The number of carbonyl (C=O) groups is 1. The van der Waals surface area contributed by atoms with Crippen molar-refractivity contribution in [2.45, 2.75) is 18.8 Å². The molecule has 1 amide bonds. The molecule has 3 aromatic rings. The monoisotopic (exact) mass is 410 g/mol. The molecule has 0 saturated carbocycles. The highest BCUT2D eigenvalue weighted by Gasteiger charge is 2.26. The van der Waals surface area contributed by atoms with Crippen LogP contribution >= 0.6 is 0 Å². The highest BCUT2D eigenvalue weighted by Crippen LogP contribution is 2.28. The summed E-state index contributed by atoms with van der Waals surface area (Å²) in [5.74, 6) is 1.56. The maximum atomic E-state index is 13.1. The smallest absolute Gasteiger partial charge is 0.238 e. The second-order valence-electron chi connectivity index (χ2n) is 7.29. The number of nitrogens with one attached hydrogen (secondary N) is 1. The molecule has 30 heavy (non-hydrogen) atoms. The van der Waals surface area contributed by atoms with E-state index < -0.39 is 0 Å². The van der Waals surface area contributed by atoms with E-state index in [-0.39, 0.29) is 17.6 Å². The fourth-order valence-corrected chi connectivity index (χ4v) is 3.56. The SMILES string of the molecule is COc1cccc(NC(=O)CN2CCC(c3nc(-c4ccc(F)cc4)no3)CC2)c1. The summed E-state index contributed by atoms with van der Waals surface area (Å²) in [5.41, 5.74) is 1.44. The van der Waals surface area contributed by atoms with E-state index in [4.69, 9.17) is 9.26 Å². The highest BCUT2D eigenvalue weighted by molar-refractivity contribution is 5.92. The molecule has 1 aliphatic rings. The molecule has 4 rings (SSSR count). The van der Waals surface area contributed by atoms with Crippen LogP contribution in [-0.4, -0.2) is 47.7 Å². The summed E-state index contributed by atoms with van der Waals surface area (Å²) in [6.45, 7) is 1.86. The van der Waals surface area contributed by atoms with Crippen LogP contribution in [0.25, 0.3) is 11.4 Å². The lowest BCUT2D eigenvalue weighted by Crippen LogP contribution is -2.38. The quantitative estimate of drug-likeness (QED) is 0.667. The second-order valence-corrected chi connectivity index (χ2v) is 7.29. The van der Waals surface area contributed by atoms with Crippen LogP contribution in [0.5, 0.6) is 5.75 Å². The molecular weight excluding hydrogens is 387 g/mol. The molecule has 1 aromatic heterocycles. The molecule has 1 fully saturated rings. The van der Waals surface area contributed by atoms with E-state index in [2.05, 4.69) is 20.4 Å². The average molecular weight is 410 g/mol. The Kier molecular flexibility index (Phi) is 6.04. The topological polar surface area (TPSA) is 80.5 Å². The van der Waals surface area contributed by atoms with Gasteiger partial charge in [-0.1, -0.05) is 11.2 Å². The zero-order valence-corrected chi connectivity index (χ0v) is 16.7. The summed E-state index contributed by atoms with van der Waals surface area (Å²) < 4.78 is 23.7. The third kappa shape index (κ3) is 4.83. The second kappa shape index (κ2) is 9.04. The third-order valence-corrected chi connectivity index (χ3v) is 5.20. The Morgan fingerprint density at radius 2 is 2.00 bits per heavy atom. The first-order chi connectivity index (χ1) is 14.6. The largest absolute Gasteiger partial charge is 0.497 e. The van der Waals surface area contributed by atoms with Gasteiger partial charge >= 0.3 is 0 Å². The molecule has 8 heteroatoms. The Labute approximate surface area is 173 Å². The van der Waals surface area contributed by atoms with E-state index in [0.717, 1.165) is 31.5 Å². The Morgan fingerprint density at radius 1 is 1.23 bits per heavy atom. The van der Waals surface area contributed by atoms with Crippen LogP contribution < -0.4 is 10.1 Å². The zero-order valence-electron chi connectivity index (χ0n) is 16.7. The van der Waals surface area contributed by atoms with Gasteiger partial charge < -0.3 is 14.6 Å². The number of nitrogens with zero attached hydrogens (tertiary/aromatic N) is 3. The van der Waals surface area contributed by atoms with Crippen LogP contribution in [0.4, 0.5) is 10.1 Å². The van der Waals surface area contributed by atoms with E-state index in [9.17, 15) is 9.18 Å². The van der Waals surface area contributed by atoms with Gasteiger partial charge in [0.1, 0.15) is 11.6 Å². The fourth-order valence-electron chi connectivity index (χ4n) is 3.56. The van der Waals surface area contributed by atoms with Crippen molar-refractivity contribution in [3.63, 3.8) is 0 Å². The van der Waals surface area contributed by atoms with Gasteiger partial charge in [0.05, 0.1) is 13.7 Å². The van der Waals surface area contributed by atoms with Gasteiger partial charge in [0.25, 0.3) is 0 Å². The number of methoxy groups -OCH3 is 1. The van der Waals surface area contributed by atoms with Crippen LogP contribution in [-0.2, 0) is 4.79 Å². The van der Waals surface area contributed by atoms with Gasteiger partial charge in [-0.3, -0.25) is 9.69 Å². The maximum absolute atomic E-state index is 13.1. The van der Waals surface area contributed by atoms with Crippen LogP contribution in [0.1, 0.15) is 24.7 Å². The lowest BCUT2D eigenvalue weighted by Gasteiger charge is -2.29. The van der Waals surface area contributed by atoms with Crippen molar-refractivity contribution in [2.24, 2.45) is 0 Å². The number of aromatic nitrogens is 2. The van der Waals surface area contributed by atoms with Crippen LogP contribution in [0.15, 0.2) is 53.1 Å². The first-order valence-electron chi connectivity index (χ1n) is 9.86. The number of hydrogen-bond acceptors (Lipinski definition) is 6. The number of likely N-dealkylation sites (tertiary alicyclic amines) is 1. The van der Waals surface area contributed by atoms with Gasteiger partial charge in [-0.2, -0.15) is 4.98 Å². The van der Waals surface area contributed by atoms with E-state index in [1.54, 1.807) is 25.3 Å². The molecule has 7 nitrogen and oxygen atoms in total. The summed E-state index contributed by atoms with van der Waals surface area (Å²) in [4.78, 5) is 19.0. The van der Waals surface area contributed by atoms with Crippen molar-refractivity contribution in [3.05, 3.63) is 60.2 Å². The first kappa shape index (κ1) is 20.0. The van der Waals surface area contributed by atoms with Crippen molar-refractivity contribution >= 4 is 11.6 Å². The van der Waals surface area contributed by atoms with Crippen LogP contribution in [0.2, 0.25) is 0 Å². The molecule has 156 valence electrons. The summed E-state index contributed by atoms with van der Waals surface area (Å²) in [7, 11) is 1.59. The third-order valence-electron chi connectivity index (χ3n) is 5.20.